The lowest BCUT2D eigenvalue weighted by Gasteiger charge is -2.18. The number of amides is 1. The highest BCUT2D eigenvalue weighted by molar-refractivity contribution is 5.93. The van der Waals surface area contributed by atoms with E-state index in [1.54, 1.807) is 23.0 Å². The lowest BCUT2D eigenvalue weighted by atomic mass is 9.94. The van der Waals surface area contributed by atoms with Crippen LogP contribution in [0.2, 0.25) is 0 Å². The zero-order valence-corrected chi connectivity index (χ0v) is 15.5. The number of pyridine rings is 1. The van der Waals surface area contributed by atoms with Crippen LogP contribution < -0.4 is 5.32 Å². The molecule has 0 spiro atoms. The van der Waals surface area contributed by atoms with Crippen molar-refractivity contribution in [3.05, 3.63) is 41.3 Å². The van der Waals surface area contributed by atoms with Crippen molar-refractivity contribution in [2.75, 3.05) is 13.2 Å². The second kappa shape index (κ2) is 8.76. The maximum Gasteiger partial charge on any atom is 0.252 e. The monoisotopic (exact) mass is 344 g/mol. The van der Waals surface area contributed by atoms with E-state index in [1.165, 1.54) is 0 Å². The summed E-state index contributed by atoms with van der Waals surface area (Å²) in [4.78, 5) is 16.7. The summed E-state index contributed by atoms with van der Waals surface area (Å²) in [6.07, 6.45) is 3.26. The molecule has 0 saturated carbocycles. The first-order valence-electron chi connectivity index (χ1n) is 8.79. The van der Waals surface area contributed by atoms with Gasteiger partial charge in [-0.3, -0.25) is 4.79 Å². The van der Waals surface area contributed by atoms with Crippen LogP contribution in [-0.4, -0.2) is 38.9 Å². The molecule has 1 amide bonds. The number of rotatable bonds is 8. The SMILES string of the molecule is Cc1cc(C)n(-c2ccc(C(=O)NCC(CCO)CC(C)C)cn2)n1. The summed E-state index contributed by atoms with van der Waals surface area (Å²) in [7, 11) is 0. The number of nitrogens with zero attached hydrogens (tertiary/aromatic N) is 3. The number of aryl methyl sites for hydroxylation is 2. The van der Waals surface area contributed by atoms with Gasteiger partial charge >= 0.3 is 0 Å². The molecule has 0 radical (unpaired) electrons. The summed E-state index contributed by atoms with van der Waals surface area (Å²) in [6.45, 7) is 8.91. The second-order valence-corrected chi connectivity index (χ2v) is 6.96. The van der Waals surface area contributed by atoms with Crippen molar-refractivity contribution >= 4 is 5.91 Å². The van der Waals surface area contributed by atoms with Gasteiger partial charge in [0.15, 0.2) is 5.82 Å². The average Bonchev–Trinajstić information content (AvgIpc) is 2.90. The molecule has 1 unspecified atom stereocenters. The molecule has 2 aromatic rings. The van der Waals surface area contributed by atoms with E-state index in [-0.39, 0.29) is 18.4 Å². The first-order chi connectivity index (χ1) is 11.9. The first-order valence-corrected chi connectivity index (χ1v) is 8.79. The van der Waals surface area contributed by atoms with E-state index in [1.807, 2.05) is 19.9 Å². The van der Waals surface area contributed by atoms with E-state index in [4.69, 9.17) is 5.11 Å². The third kappa shape index (κ3) is 5.39. The summed E-state index contributed by atoms with van der Waals surface area (Å²) in [5, 5.41) is 16.5. The number of aliphatic hydroxyl groups is 1. The highest BCUT2D eigenvalue weighted by atomic mass is 16.3. The lowest BCUT2D eigenvalue weighted by molar-refractivity contribution is 0.0941. The first kappa shape index (κ1) is 19.1. The van der Waals surface area contributed by atoms with E-state index in [9.17, 15) is 4.79 Å². The maximum absolute atomic E-state index is 12.3. The molecule has 136 valence electrons. The van der Waals surface area contributed by atoms with Crippen molar-refractivity contribution in [3.8, 4) is 5.82 Å². The van der Waals surface area contributed by atoms with Gasteiger partial charge in [-0.15, -0.1) is 0 Å². The molecule has 25 heavy (non-hydrogen) atoms. The Labute approximate surface area is 149 Å². The minimum Gasteiger partial charge on any atom is -0.396 e. The number of aromatic nitrogens is 3. The molecule has 0 aliphatic heterocycles. The van der Waals surface area contributed by atoms with Crippen LogP contribution in [0, 0.1) is 25.7 Å². The van der Waals surface area contributed by atoms with Gasteiger partial charge in [-0.05, 0) is 56.7 Å². The number of hydrogen-bond acceptors (Lipinski definition) is 4. The number of aliphatic hydroxyl groups excluding tert-OH is 1. The molecule has 2 N–H and O–H groups in total. The molecule has 0 aliphatic carbocycles. The predicted octanol–water partition coefficient (Wildman–Crippen LogP) is 2.66. The second-order valence-electron chi connectivity index (χ2n) is 6.96. The van der Waals surface area contributed by atoms with Crippen molar-refractivity contribution in [1.82, 2.24) is 20.1 Å². The lowest BCUT2D eigenvalue weighted by Crippen LogP contribution is -2.30. The zero-order valence-electron chi connectivity index (χ0n) is 15.5. The smallest absolute Gasteiger partial charge is 0.252 e. The van der Waals surface area contributed by atoms with Gasteiger partial charge in [0.05, 0.1) is 11.3 Å². The summed E-state index contributed by atoms with van der Waals surface area (Å²) < 4.78 is 1.76. The van der Waals surface area contributed by atoms with Crippen LogP contribution in [0.1, 0.15) is 48.4 Å². The number of carbonyl (C=O) groups is 1. The number of hydrogen-bond donors (Lipinski definition) is 2. The van der Waals surface area contributed by atoms with Crippen LogP contribution in [0.5, 0.6) is 0 Å². The minimum atomic E-state index is -0.140. The van der Waals surface area contributed by atoms with Crippen molar-refractivity contribution in [1.29, 1.82) is 0 Å². The molecule has 2 aromatic heterocycles. The van der Waals surface area contributed by atoms with Gasteiger partial charge in [-0.2, -0.15) is 5.10 Å². The van der Waals surface area contributed by atoms with Gasteiger partial charge in [0.1, 0.15) is 0 Å². The van der Waals surface area contributed by atoms with Gasteiger partial charge < -0.3 is 10.4 Å². The van der Waals surface area contributed by atoms with Gasteiger partial charge in [-0.25, -0.2) is 9.67 Å². The van der Waals surface area contributed by atoms with Crippen molar-refractivity contribution in [2.45, 2.75) is 40.5 Å². The Balaban J connectivity index is 1.99. The number of carbonyl (C=O) groups excluding carboxylic acids is 1. The molecular weight excluding hydrogens is 316 g/mol. The summed E-state index contributed by atoms with van der Waals surface area (Å²) in [5.74, 6) is 1.38. The fraction of sp³-hybridized carbons (Fsp3) is 0.526. The Kier molecular flexibility index (Phi) is 6.70. The number of nitrogens with one attached hydrogen (secondary N) is 1. The largest absolute Gasteiger partial charge is 0.396 e. The molecular formula is C19H28N4O2. The standard InChI is InChI=1S/C19H28N4O2/c1-13(2)9-16(7-8-24)11-21-19(25)17-5-6-18(20-12-17)23-15(4)10-14(3)22-23/h5-6,10,12-13,16,24H,7-9,11H2,1-4H3,(H,21,25). The average molecular weight is 344 g/mol. The van der Waals surface area contributed by atoms with E-state index in [0.717, 1.165) is 17.8 Å². The molecule has 0 aliphatic rings. The molecule has 6 nitrogen and oxygen atoms in total. The molecule has 6 heteroatoms. The van der Waals surface area contributed by atoms with Gasteiger partial charge in [0.2, 0.25) is 0 Å². The van der Waals surface area contributed by atoms with Crippen molar-refractivity contribution < 1.29 is 9.90 Å². The van der Waals surface area contributed by atoms with Crippen LogP contribution in [0.15, 0.2) is 24.4 Å². The summed E-state index contributed by atoms with van der Waals surface area (Å²) in [5.41, 5.74) is 2.46. The Bertz CT molecular complexity index is 692. The van der Waals surface area contributed by atoms with E-state index in [0.29, 0.717) is 30.3 Å². The van der Waals surface area contributed by atoms with Crippen LogP contribution in [-0.2, 0) is 0 Å². The van der Waals surface area contributed by atoms with Crippen LogP contribution in [0.3, 0.4) is 0 Å². The highest BCUT2D eigenvalue weighted by Gasteiger charge is 2.14. The van der Waals surface area contributed by atoms with Gasteiger partial charge in [0.25, 0.3) is 5.91 Å². The Morgan fingerprint density at radius 1 is 1.32 bits per heavy atom. The molecule has 2 rings (SSSR count). The third-order valence-corrected chi connectivity index (χ3v) is 4.13. The van der Waals surface area contributed by atoms with Gasteiger partial charge in [0, 0.05) is 25.0 Å². The summed E-state index contributed by atoms with van der Waals surface area (Å²) >= 11 is 0. The quantitative estimate of drug-likeness (QED) is 0.771. The van der Waals surface area contributed by atoms with Crippen molar-refractivity contribution in [2.24, 2.45) is 11.8 Å². The Morgan fingerprint density at radius 3 is 2.60 bits per heavy atom. The van der Waals surface area contributed by atoms with E-state index >= 15 is 0 Å². The molecule has 0 aromatic carbocycles. The fourth-order valence-electron chi connectivity index (χ4n) is 3.00. The van der Waals surface area contributed by atoms with Gasteiger partial charge in [-0.1, -0.05) is 13.8 Å². The molecule has 0 fully saturated rings. The highest BCUT2D eigenvalue weighted by Crippen LogP contribution is 2.15. The Morgan fingerprint density at radius 2 is 2.08 bits per heavy atom. The van der Waals surface area contributed by atoms with E-state index < -0.39 is 0 Å². The third-order valence-electron chi connectivity index (χ3n) is 4.13. The Hall–Kier alpha value is -2.21. The normalized spacial score (nSPS) is 12.4. The zero-order chi connectivity index (χ0) is 18.4. The fourth-order valence-corrected chi connectivity index (χ4v) is 3.00. The molecule has 2 heterocycles. The topological polar surface area (TPSA) is 80.0 Å². The summed E-state index contributed by atoms with van der Waals surface area (Å²) in [6, 6.07) is 5.55. The predicted molar refractivity (Wildman–Crippen MR) is 97.8 cm³/mol. The molecule has 0 saturated heterocycles. The van der Waals surface area contributed by atoms with Crippen LogP contribution in [0.25, 0.3) is 5.82 Å². The maximum atomic E-state index is 12.3. The van der Waals surface area contributed by atoms with Crippen molar-refractivity contribution in [3.63, 3.8) is 0 Å². The minimum absolute atomic E-state index is 0.140. The molecule has 1 atom stereocenters. The van der Waals surface area contributed by atoms with E-state index in [2.05, 4.69) is 29.2 Å². The van der Waals surface area contributed by atoms with Crippen LogP contribution in [0.4, 0.5) is 0 Å². The van der Waals surface area contributed by atoms with Crippen LogP contribution >= 0.6 is 0 Å². The molecule has 0 bridgehead atoms.